The molecule has 0 aromatic heterocycles. The van der Waals surface area contributed by atoms with Crippen LogP contribution in [0.15, 0.2) is 28.7 Å². The molecule has 3 amide bonds. The lowest BCUT2D eigenvalue weighted by atomic mass is 10.1. The fraction of sp³-hybridized carbons (Fsp3) is 0.429. The Morgan fingerprint density at radius 3 is 2.80 bits per heavy atom. The Morgan fingerprint density at radius 2 is 2.10 bits per heavy atom. The molecule has 0 saturated carbocycles. The van der Waals surface area contributed by atoms with Crippen molar-refractivity contribution in [3.8, 4) is 0 Å². The normalized spacial score (nSPS) is 18.5. The molecule has 6 heteroatoms. The Balaban J connectivity index is 1.95. The van der Waals surface area contributed by atoms with Crippen LogP contribution in [0.3, 0.4) is 0 Å². The van der Waals surface area contributed by atoms with E-state index in [-0.39, 0.29) is 18.0 Å². The van der Waals surface area contributed by atoms with Crippen LogP contribution in [-0.2, 0) is 4.79 Å². The van der Waals surface area contributed by atoms with Gasteiger partial charge in [0.1, 0.15) is 0 Å². The van der Waals surface area contributed by atoms with Crippen LogP contribution >= 0.6 is 15.9 Å². The number of carbonyl (C=O) groups is 2. The molecule has 0 radical (unpaired) electrons. The van der Waals surface area contributed by atoms with Gasteiger partial charge >= 0.3 is 6.03 Å². The van der Waals surface area contributed by atoms with Gasteiger partial charge in [-0.05, 0) is 40.9 Å². The molecule has 0 aliphatic carbocycles. The maximum Gasteiger partial charge on any atom is 0.321 e. The third-order valence-corrected chi connectivity index (χ3v) is 3.92. The van der Waals surface area contributed by atoms with Gasteiger partial charge in [0, 0.05) is 30.5 Å². The predicted molar refractivity (Wildman–Crippen MR) is 81.6 cm³/mol. The summed E-state index contributed by atoms with van der Waals surface area (Å²) in [6.45, 7) is 2.77. The minimum atomic E-state index is -0.132. The van der Waals surface area contributed by atoms with E-state index < -0.39 is 0 Å². The van der Waals surface area contributed by atoms with Crippen molar-refractivity contribution in [3.05, 3.63) is 28.7 Å². The number of carbonyl (C=O) groups excluding carboxylic acids is 2. The lowest BCUT2D eigenvalue weighted by Crippen LogP contribution is -2.50. The van der Waals surface area contributed by atoms with Gasteiger partial charge in [-0.1, -0.05) is 12.1 Å². The van der Waals surface area contributed by atoms with Gasteiger partial charge in [-0.2, -0.15) is 0 Å². The molecule has 0 bridgehead atoms. The largest absolute Gasteiger partial charge is 0.352 e. The molecule has 108 valence electrons. The molecule has 1 aliphatic rings. The number of benzene rings is 1. The van der Waals surface area contributed by atoms with Gasteiger partial charge in [-0.3, -0.25) is 4.79 Å². The number of nitrogens with one attached hydrogen (secondary N) is 2. The van der Waals surface area contributed by atoms with E-state index in [1.54, 1.807) is 4.90 Å². The van der Waals surface area contributed by atoms with E-state index in [9.17, 15) is 9.59 Å². The molecule has 1 atom stereocenters. The zero-order chi connectivity index (χ0) is 14.5. The number of likely N-dealkylation sites (tertiary alicyclic amines) is 1. The molecule has 1 unspecified atom stereocenters. The van der Waals surface area contributed by atoms with Crippen LogP contribution in [0.25, 0.3) is 0 Å². The van der Waals surface area contributed by atoms with Gasteiger partial charge < -0.3 is 15.5 Å². The van der Waals surface area contributed by atoms with E-state index >= 15 is 0 Å². The number of piperidine rings is 1. The van der Waals surface area contributed by atoms with Crippen LogP contribution in [0.2, 0.25) is 0 Å². The van der Waals surface area contributed by atoms with Gasteiger partial charge in [0.15, 0.2) is 0 Å². The van der Waals surface area contributed by atoms with Crippen molar-refractivity contribution in [1.29, 1.82) is 0 Å². The Kier molecular flexibility index (Phi) is 5.00. The second-order valence-corrected chi connectivity index (χ2v) is 5.75. The minimum Gasteiger partial charge on any atom is -0.352 e. The van der Waals surface area contributed by atoms with Gasteiger partial charge in [0.05, 0.1) is 5.69 Å². The van der Waals surface area contributed by atoms with E-state index in [0.29, 0.717) is 13.1 Å². The first kappa shape index (κ1) is 14.8. The van der Waals surface area contributed by atoms with Crippen molar-refractivity contribution in [2.45, 2.75) is 25.8 Å². The van der Waals surface area contributed by atoms with Crippen molar-refractivity contribution >= 4 is 33.6 Å². The summed E-state index contributed by atoms with van der Waals surface area (Å²) in [5.74, 6) is -0.0527. The van der Waals surface area contributed by atoms with Crippen LogP contribution < -0.4 is 10.6 Å². The van der Waals surface area contributed by atoms with Crippen molar-refractivity contribution in [3.63, 3.8) is 0 Å². The van der Waals surface area contributed by atoms with Crippen molar-refractivity contribution in [2.75, 3.05) is 18.4 Å². The number of nitrogens with zero attached hydrogens (tertiary/aromatic N) is 1. The Hall–Kier alpha value is -1.56. The lowest BCUT2D eigenvalue weighted by Gasteiger charge is -2.33. The number of urea groups is 1. The first-order valence-corrected chi connectivity index (χ1v) is 7.43. The molecule has 5 nitrogen and oxygen atoms in total. The summed E-state index contributed by atoms with van der Waals surface area (Å²) >= 11 is 3.40. The zero-order valence-electron chi connectivity index (χ0n) is 11.4. The van der Waals surface area contributed by atoms with Gasteiger partial charge in [-0.15, -0.1) is 0 Å². The maximum atomic E-state index is 12.2. The summed E-state index contributed by atoms with van der Waals surface area (Å²) in [5, 5.41) is 5.75. The molecule has 2 N–H and O–H groups in total. The number of hydrogen-bond donors (Lipinski definition) is 2. The average Bonchev–Trinajstić information content (AvgIpc) is 2.41. The zero-order valence-corrected chi connectivity index (χ0v) is 12.9. The standard InChI is InChI=1S/C14H18BrN3O2/c1-10(19)16-11-5-4-8-18(9-11)14(20)17-13-7-3-2-6-12(13)15/h2-3,6-7,11H,4-5,8-9H2,1H3,(H,16,19)(H,17,20). The Morgan fingerprint density at radius 1 is 1.35 bits per heavy atom. The Labute approximate surface area is 126 Å². The minimum absolute atomic E-state index is 0.0474. The fourth-order valence-electron chi connectivity index (χ4n) is 2.32. The van der Waals surface area contributed by atoms with E-state index in [2.05, 4.69) is 26.6 Å². The van der Waals surface area contributed by atoms with Crippen LogP contribution in [0.1, 0.15) is 19.8 Å². The van der Waals surface area contributed by atoms with Crippen LogP contribution in [0.4, 0.5) is 10.5 Å². The monoisotopic (exact) mass is 339 g/mol. The third-order valence-electron chi connectivity index (χ3n) is 3.23. The summed E-state index contributed by atoms with van der Waals surface area (Å²) in [4.78, 5) is 25.1. The Bertz CT molecular complexity index is 507. The number of anilines is 1. The number of rotatable bonds is 2. The van der Waals surface area contributed by atoms with Crippen LogP contribution in [0.5, 0.6) is 0 Å². The fourth-order valence-corrected chi connectivity index (χ4v) is 2.71. The van der Waals surface area contributed by atoms with Gasteiger partial charge in [0.25, 0.3) is 0 Å². The number of hydrogen-bond acceptors (Lipinski definition) is 2. The molecule has 1 heterocycles. The first-order valence-electron chi connectivity index (χ1n) is 6.64. The topological polar surface area (TPSA) is 61.4 Å². The van der Waals surface area contributed by atoms with E-state index in [0.717, 1.165) is 23.0 Å². The van der Waals surface area contributed by atoms with Crippen molar-refractivity contribution in [1.82, 2.24) is 10.2 Å². The molecular weight excluding hydrogens is 322 g/mol. The average molecular weight is 340 g/mol. The predicted octanol–water partition coefficient (Wildman–Crippen LogP) is 2.58. The highest BCUT2D eigenvalue weighted by Gasteiger charge is 2.24. The second-order valence-electron chi connectivity index (χ2n) is 4.90. The smallest absolute Gasteiger partial charge is 0.321 e. The summed E-state index contributed by atoms with van der Waals surface area (Å²) in [6, 6.07) is 7.41. The number of halogens is 1. The molecule has 1 fully saturated rings. The van der Waals surface area contributed by atoms with Gasteiger partial charge in [-0.25, -0.2) is 4.79 Å². The summed E-state index contributed by atoms with van der Waals surface area (Å²) < 4.78 is 0.851. The number of amides is 3. The van der Waals surface area contributed by atoms with Crippen LogP contribution in [0, 0.1) is 0 Å². The van der Waals surface area contributed by atoms with E-state index in [1.165, 1.54) is 6.92 Å². The van der Waals surface area contributed by atoms with Gasteiger partial charge in [0.2, 0.25) is 5.91 Å². The summed E-state index contributed by atoms with van der Waals surface area (Å²) in [5.41, 5.74) is 0.749. The highest BCUT2D eigenvalue weighted by Crippen LogP contribution is 2.22. The summed E-state index contributed by atoms with van der Waals surface area (Å²) in [7, 11) is 0. The second kappa shape index (κ2) is 6.74. The molecule has 20 heavy (non-hydrogen) atoms. The SMILES string of the molecule is CC(=O)NC1CCCN(C(=O)Nc2ccccc2Br)C1. The molecule has 1 aromatic rings. The quantitative estimate of drug-likeness (QED) is 0.869. The van der Waals surface area contributed by atoms with Crippen LogP contribution in [-0.4, -0.2) is 36.0 Å². The molecule has 1 aromatic carbocycles. The molecule has 2 rings (SSSR count). The van der Waals surface area contributed by atoms with E-state index in [1.807, 2.05) is 24.3 Å². The molecule has 1 aliphatic heterocycles. The van der Waals surface area contributed by atoms with Crippen molar-refractivity contribution < 1.29 is 9.59 Å². The third kappa shape index (κ3) is 3.96. The highest BCUT2D eigenvalue weighted by molar-refractivity contribution is 9.10. The molecule has 0 spiro atoms. The highest BCUT2D eigenvalue weighted by atomic mass is 79.9. The maximum absolute atomic E-state index is 12.2. The van der Waals surface area contributed by atoms with Crippen molar-refractivity contribution in [2.24, 2.45) is 0 Å². The summed E-state index contributed by atoms with van der Waals surface area (Å²) in [6.07, 6.45) is 1.81. The molecule has 1 saturated heterocycles. The lowest BCUT2D eigenvalue weighted by molar-refractivity contribution is -0.119. The molecular formula is C14H18BrN3O2. The first-order chi connectivity index (χ1) is 9.56. The van der Waals surface area contributed by atoms with E-state index in [4.69, 9.17) is 0 Å². The number of para-hydroxylation sites is 1.